The summed E-state index contributed by atoms with van der Waals surface area (Å²) in [4.78, 5) is 9.28. The average molecular weight is 334 g/mol. The standard InChI is InChI=1S/C16H20BrN3/c1-6-18-16-14(17)12(5)19-15(20-16)13-8-10(3)9(2)7-11(13)4/h7-8H,6H2,1-5H3,(H,18,19,20). The minimum Gasteiger partial charge on any atom is -0.369 e. The number of aromatic nitrogens is 2. The van der Waals surface area contributed by atoms with E-state index in [2.05, 4.69) is 71.0 Å². The highest BCUT2D eigenvalue weighted by molar-refractivity contribution is 9.10. The SMILES string of the molecule is CCNc1nc(-c2cc(C)c(C)cc2C)nc(C)c1Br. The van der Waals surface area contributed by atoms with Gasteiger partial charge in [-0.2, -0.15) is 0 Å². The zero-order valence-electron chi connectivity index (χ0n) is 12.6. The minimum atomic E-state index is 0.780. The van der Waals surface area contributed by atoms with Crippen molar-refractivity contribution in [2.24, 2.45) is 0 Å². The van der Waals surface area contributed by atoms with Gasteiger partial charge in [-0.15, -0.1) is 0 Å². The second kappa shape index (κ2) is 5.92. The third-order valence-corrected chi connectivity index (χ3v) is 4.39. The van der Waals surface area contributed by atoms with Crippen molar-refractivity contribution >= 4 is 21.7 Å². The van der Waals surface area contributed by atoms with Crippen LogP contribution in [-0.2, 0) is 0 Å². The maximum Gasteiger partial charge on any atom is 0.162 e. The highest BCUT2D eigenvalue weighted by Gasteiger charge is 2.12. The molecule has 0 bridgehead atoms. The van der Waals surface area contributed by atoms with Crippen molar-refractivity contribution < 1.29 is 0 Å². The quantitative estimate of drug-likeness (QED) is 0.893. The van der Waals surface area contributed by atoms with Crippen molar-refractivity contribution in [2.75, 3.05) is 11.9 Å². The zero-order chi connectivity index (χ0) is 14.9. The van der Waals surface area contributed by atoms with Crippen molar-refractivity contribution in [1.29, 1.82) is 0 Å². The number of benzene rings is 1. The summed E-state index contributed by atoms with van der Waals surface area (Å²) in [6.07, 6.45) is 0. The molecule has 0 saturated carbocycles. The second-order valence-corrected chi connectivity index (χ2v) is 5.87. The van der Waals surface area contributed by atoms with Gasteiger partial charge in [-0.3, -0.25) is 0 Å². The van der Waals surface area contributed by atoms with Crippen LogP contribution in [0.3, 0.4) is 0 Å². The Morgan fingerprint density at radius 3 is 2.30 bits per heavy atom. The first-order valence-electron chi connectivity index (χ1n) is 6.80. The normalized spacial score (nSPS) is 10.7. The summed E-state index contributed by atoms with van der Waals surface area (Å²) < 4.78 is 0.935. The number of aryl methyl sites for hydroxylation is 4. The van der Waals surface area contributed by atoms with E-state index in [1.807, 2.05) is 6.92 Å². The van der Waals surface area contributed by atoms with Crippen LogP contribution in [0.1, 0.15) is 29.3 Å². The summed E-state index contributed by atoms with van der Waals surface area (Å²) >= 11 is 3.54. The van der Waals surface area contributed by atoms with E-state index < -0.39 is 0 Å². The molecule has 0 unspecified atom stereocenters. The molecule has 0 aliphatic heterocycles. The van der Waals surface area contributed by atoms with Gasteiger partial charge in [0.05, 0.1) is 10.2 Å². The van der Waals surface area contributed by atoms with Gasteiger partial charge in [-0.25, -0.2) is 9.97 Å². The van der Waals surface area contributed by atoms with E-state index in [4.69, 9.17) is 0 Å². The molecule has 106 valence electrons. The second-order valence-electron chi connectivity index (χ2n) is 5.08. The Labute approximate surface area is 129 Å². The molecule has 20 heavy (non-hydrogen) atoms. The first-order chi connectivity index (χ1) is 9.43. The van der Waals surface area contributed by atoms with Gasteiger partial charge in [0, 0.05) is 12.1 Å². The van der Waals surface area contributed by atoms with Gasteiger partial charge >= 0.3 is 0 Å². The van der Waals surface area contributed by atoms with Gasteiger partial charge in [-0.1, -0.05) is 6.07 Å². The van der Waals surface area contributed by atoms with Crippen molar-refractivity contribution in [2.45, 2.75) is 34.6 Å². The number of halogens is 1. The molecule has 1 aromatic carbocycles. The fourth-order valence-electron chi connectivity index (χ4n) is 2.17. The molecule has 4 heteroatoms. The lowest BCUT2D eigenvalue weighted by molar-refractivity contribution is 1.06. The molecule has 0 radical (unpaired) electrons. The van der Waals surface area contributed by atoms with Gasteiger partial charge in [0.2, 0.25) is 0 Å². The predicted octanol–water partition coefficient (Wildman–Crippen LogP) is 4.57. The molecule has 0 fully saturated rings. The van der Waals surface area contributed by atoms with Gasteiger partial charge in [-0.05, 0) is 73.3 Å². The fraction of sp³-hybridized carbons (Fsp3) is 0.375. The van der Waals surface area contributed by atoms with Crippen molar-refractivity contribution in [3.05, 3.63) is 39.0 Å². The maximum atomic E-state index is 4.66. The molecule has 2 rings (SSSR count). The van der Waals surface area contributed by atoms with E-state index in [-0.39, 0.29) is 0 Å². The smallest absolute Gasteiger partial charge is 0.162 e. The highest BCUT2D eigenvalue weighted by atomic mass is 79.9. The predicted molar refractivity (Wildman–Crippen MR) is 88.3 cm³/mol. The lowest BCUT2D eigenvalue weighted by Crippen LogP contribution is -2.05. The maximum absolute atomic E-state index is 4.66. The first kappa shape index (κ1) is 15.0. The number of hydrogen-bond acceptors (Lipinski definition) is 3. The van der Waals surface area contributed by atoms with Crippen LogP contribution in [-0.4, -0.2) is 16.5 Å². The summed E-state index contributed by atoms with van der Waals surface area (Å²) in [5, 5.41) is 3.27. The molecule has 3 nitrogen and oxygen atoms in total. The number of nitrogens with one attached hydrogen (secondary N) is 1. The van der Waals surface area contributed by atoms with E-state index in [0.717, 1.165) is 33.9 Å². The van der Waals surface area contributed by atoms with E-state index in [0.29, 0.717) is 0 Å². The van der Waals surface area contributed by atoms with Crippen LogP contribution < -0.4 is 5.32 Å². The van der Waals surface area contributed by atoms with E-state index >= 15 is 0 Å². The number of hydrogen-bond donors (Lipinski definition) is 1. The lowest BCUT2D eigenvalue weighted by atomic mass is 10.0. The lowest BCUT2D eigenvalue weighted by Gasteiger charge is -2.13. The Kier molecular flexibility index (Phi) is 4.43. The molecule has 1 N–H and O–H groups in total. The number of rotatable bonds is 3. The van der Waals surface area contributed by atoms with E-state index in [1.54, 1.807) is 0 Å². The molecule has 0 aliphatic rings. The zero-order valence-corrected chi connectivity index (χ0v) is 14.2. The van der Waals surface area contributed by atoms with Gasteiger partial charge in [0.25, 0.3) is 0 Å². The van der Waals surface area contributed by atoms with Crippen molar-refractivity contribution in [3.63, 3.8) is 0 Å². The Morgan fingerprint density at radius 1 is 1.00 bits per heavy atom. The molecular weight excluding hydrogens is 314 g/mol. The van der Waals surface area contributed by atoms with Gasteiger partial charge < -0.3 is 5.32 Å². The molecule has 0 saturated heterocycles. The fourth-order valence-corrected chi connectivity index (χ4v) is 2.48. The monoisotopic (exact) mass is 333 g/mol. The van der Waals surface area contributed by atoms with Gasteiger partial charge in [0.15, 0.2) is 5.82 Å². The topological polar surface area (TPSA) is 37.8 Å². The summed E-state index contributed by atoms with van der Waals surface area (Å²) in [7, 11) is 0. The Balaban J connectivity index is 2.61. The Morgan fingerprint density at radius 2 is 1.65 bits per heavy atom. The van der Waals surface area contributed by atoms with Crippen LogP contribution in [0, 0.1) is 27.7 Å². The molecule has 0 atom stereocenters. The van der Waals surface area contributed by atoms with Crippen LogP contribution in [0.15, 0.2) is 16.6 Å². The summed E-state index contributed by atoms with van der Waals surface area (Å²) in [6, 6.07) is 4.36. The van der Waals surface area contributed by atoms with Crippen LogP contribution in [0.4, 0.5) is 5.82 Å². The summed E-state index contributed by atoms with van der Waals surface area (Å²) in [5.41, 5.74) is 5.82. The third kappa shape index (κ3) is 2.85. The van der Waals surface area contributed by atoms with Crippen LogP contribution in [0.25, 0.3) is 11.4 Å². The van der Waals surface area contributed by atoms with Crippen LogP contribution in [0.5, 0.6) is 0 Å². The molecule has 0 aliphatic carbocycles. The van der Waals surface area contributed by atoms with Gasteiger partial charge in [0.1, 0.15) is 5.82 Å². The van der Waals surface area contributed by atoms with Crippen LogP contribution >= 0.6 is 15.9 Å². The number of nitrogens with zero attached hydrogens (tertiary/aromatic N) is 2. The molecule has 0 spiro atoms. The largest absolute Gasteiger partial charge is 0.369 e. The van der Waals surface area contributed by atoms with Crippen molar-refractivity contribution in [1.82, 2.24) is 9.97 Å². The number of anilines is 1. The molecule has 2 aromatic rings. The first-order valence-corrected chi connectivity index (χ1v) is 7.59. The molecule has 0 amide bonds. The van der Waals surface area contributed by atoms with E-state index in [1.165, 1.54) is 16.7 Å². The summed E-state index contributed by atoms with van der Waals surface area (Å²) in [6.45, 7) is 11.2. The summed E-state index contributed by atoms with van der Waals surface area (Å²) in [5.74, 6) is 1.63. The minimum absolute atomic E-state index is 0.780. The Hall–Kier alpha value is -1.42. The molecular formula is C16H20BrN3. The van der Waals surface area contributed by atoms with Crippen molar-refractivity contribution in [3.8, 4) is 11.4 Å². The highest BCUT2D eigenvalue weighted by Crippen LogP contribution is 2.29. The molecule has 1 heterocycles. The van der Waals surface area contributed by atoms with E-state index in [9.17, 15) is 0 Å². The Bertz CT molecular complexity index is 651. The average Bonchev–Trinajstić information content (AvgIpc) is 2.39. The third-order valence-electron chi connectivity index (χ3n) is 3.44. The molecule has 1 aromatic heterocycles. The van der Waals surface area contributed by atoms with Crippen LogP contribution in [0.2, 0.25) is 0 Å².